The monoisotopic (exact) mass is 314 g/mol. The van der Waals surface area contributed by atoms with E-state index in [1.807, 2.05) is 12.1 Å². The second kappa shape index (κ2) is 8.56. The Bertz CT molecular complexity index is 445. The molecule has 1 fully saturated rings. The third-order valence-electron chi connectivity index (χ3n) is 3.53. The average Bonchev–Trinajstić information content (AvgIpc) is 2.51. The summed E-state index contributed by atoms with van der Waals surface area (Å²) in [7, 11) is 1.69. The van der Waals surface area contributed by atoms with Gasteiger partial charge in [0.15, 0.2) is 0 Å². The fourth-order valence-electron chi connectivity index (χ4n) is 2.49. The van der Waals surface area contributed by atoms with Gasteiger partial charge in [0.05, 0.1) is 36.6 Å². The van der Waals surface area contributed by atoms with E-state index in [1.165, 1.54) is 0 Å². The fraction of sp³-hybridized carbons (Fsp3) is 0.600. The SMILES string of the molecule is COCCNCc1cccc(Cl)c1N1CCOC(CO)C1. The fourth-order valence-corrected chi connectivity index (χ4v) is 2.80. The highest BCUT2D eigenvalue weighted by Crippen LogP contribution is 2.31. The van der Waals surface area contributed by atoms with E-state index in [0.29, 0.717) is 19.8 Å². The lowest BCUT2D eigenvalue weighted by atomic mass is 10.1. The number of nitrogens with one attached hydrogen (secondary N) is 1. The number of ether oxygens (including phenoxy) is 2. The van der Waals surface area contributed by atoms with Gasteiger partial charge in [0.2, 0.25) is 0 Å². The number of anilines is 1. The van der Waals surface area contributed by atoms with Crippen LogP contribution in [0.1, 0.15) is 5.56 Å². The molecule has 6 heteroatoms. The third kappa shape index (κ3) is 4.56. The molecule has 1 aliphatic rings. The van der Waals surface area contributed by atoms with E-state index in [0.717, 1.165) is 35.9 Å². The largest absolute Gasteiger partial charge is 0.394 e. The van der Waals surface area contributed by atoms with Crippen LogP contribution in [-0.4, -0.2) is 57.8 Å². The minimum absolute atomic E-state index is 0.0301. The van der Waals surface area contributed by atoms with Gasteiger partial charge in [-0.2, -0.15) is 0 Å². The number of nitrogens with zero attached hydrogens (tertiary/aromatic N) is 1. The summed E-state index contributed by atoms with van der Waals surface area (Å²) in [5.41, 5.74) is 2.18. The predicted molar refractivity (Wildman–Crippen MR) is 84.1 cm³/mol. The number of para-hydroxylation sites is 1. The molecule has 0 aromatic heterocycles. The maximum Gasteiger partial charge on any atom is 0.0980 e. The quantitative estimate of drug-likeness (QED) is 0.743. The van der Waals surface area contributed by atoms with Gasteiger partial charge in [-0.1, -0.05) is 23.7 Å². The highest BCUT2D eigenvalue weighted by molar-refractivity contribution is 6.33. The minimum Gasteiger partial charge on any atom is -0.394 e. The lowest BCUT2D eigenvalue weighted by Gasteiger charge is -2.35. The van der Waals surface area contributed by atoms with Crippen LogP contribution in [0.3, 0.4) is 0 Å². The van der Waals surface area contributed by atoms with E-state index in [4.69, 9.17) is 21.1 Å². The number of hydrogen-bond acceptors (Lipinski definition) is 5. The van der Waals surface area contributed by atoms with E-state index in [2.05, 4.69) is 16.3 Å². The van der Waals surface area contributed by atoms with Crippen LogP contribution < -0.4 is 10.2 Å². The molecule has 1 aliphatic heterocycles. The van der Waals surface area contributed by atoms with Gasteiger partial charge in [0.1, 0.15) is 0 Å². The number of halogens is 1. The zero-order valence-electron chi connectivity index (χ0n) is 12.3. The topological polar surface area (TPSA) is 54.0 Å². The van der Waals surface area contributed by atoms with Crippen molar-refractivity contribution in [2.24, 2.45) is 0 Å². The second-order valence-corrected chi connectivity index (χ2v) is 5.45. The van der Waals surface area contributed by atoms with Crippen LogP contribution in [0.5, 0.6) is 0 Å². The summed E-state index contributed by atoms with van der Waals surface area (Å²) in [6.45, 7) is 4.29. The van der Waals surface area contributed by atoms with E-state index in [9.17, 15) is 5.11 Å². The Labute approximate surface area is 130 Å². The molecule has 1 heterocycles. The Balaban J connectivity index is 2.09. The molecule has 0 bridgehead atoms. The summed E-state index contributed by atoms with van der Waals surface area (Å²) in [4.78, 5) is 2.19. The number of benzene rings is 1. The number of rotatable bonds is 7. The van der Waals surface area contributed by atoms with Crippen LogP contribution in [0.2, 0.25) is 5.02 Å². The molecule has 0 radical (unpaired) electrons. The summed E-state index contributed by atoms with van der Waals surface area (Å²) >= 11 is 6.40. The lowest BCUT2D eigenvalue weighted by molar-refractivity contribution is 0.00353. The molecule has 0 saturated carbocycles. The van der Waals surface area contributed by atoms with Crippen LogP contribution >= 0.6 is 11.6 Å². The molecule has 1 unspecified atom stereocenters. The van der Waals surface area contributed by atoms with Crippen molar-refractivity contribution in [3.8, 4) is 0 Å². The third-order valence-corrected chi connectivity index (χ3v) is 3.83. The van der Waals surface area contributed by atoms with Crippen molar-refractivity contribution in [3.63, 3.8) is 0 Å². The maximum absolute atomic E-state index is 9.28. The van der Waals surface area contributed by atoms with Gasteiger partial charge in [-0.3, -0.25) is 0 Å². The van der Waals surface area contributed by atoms with Crippen LogP contribution in [0, 0.1) is 0 Å². The predicted octanol–water partition coefficient (Wildman–Crippen LogP) is 1.27. The molecule has 2 N–H and O–H groups in total. The van der Waals surface area contributed by atoms with Gasteiger partial charge in [-0.25, -0.2) is 0 Å². The molecule has 1 saturated heterocycles. The molecule has 2 rings (SSSR count). The van der Waals surface area contributed by atoms with E-state index in [-0.39, 0.29) is 12.7 Å². The van der Waals surface area contributed by atoms with Crippen LogP contribution in [0.25, 0.3) is 0 Å². The van der Waals surface area contributed by atoms with E-state index < -0.39 is 0 Å². The first-order valence-electron chi connectivity index (χ1n) is 7.20. The molecule has 1 aromatic rings. The molecular weight excluding hydrogens is 292 g/mol. The van der Waals surface area contributed by atoms with Crippen molar-refractivity contribution in [2.75, 3.05) is 51.5 Å². The standard InChI is InChI=1S/C15H23ClN2O3/c1-20-7-5-17-9-12-3-2-4-14(16)15(12)18-6-8-21-13(10-18)11-19/h2-4,13,17,19H,5-11H2,1H3. The molecule has 5 nitrogen and oxygen atoms in total. The molecule has 1 atom stereocenters. The Morgan fingerprint density at radius 1 is 1.52 bits per heavy atom. The molecule has 118 valence electrons. The van der Waals surface area contributed by atoms with Crippen molar-refractivity contribution >= 4 is 17.3 Å². The first-order valence-corrected chi connectivity index (χ1v) is 7.58. The van der Waals surface area contributed by atoms with Crippen molar-refractivity contribution in [2.45, 2.75) is 12.6 Å². The number of methoxy groups -OCH3 is 1. The molecule has 0 spiro atoms. The van der Waals surface area contributed by atoms with Gasteiger partial charge in [-0.15, -0.1) is 0 Å². The molecule has 1 aromatic carbocycles. The first-order chi connectivity index (χ1) is 10.3. The highest BCUT2D eigenvalue weighted by atomic mass is 35.5. The maximum atomic E-state index is 9.28. The minimum atomic E-state index is -0.149. The van der Waals surface area contributed by atoms with Crippen molar-refractivity contribution in [3.05, 3.63) is 28.8 Å². The molecule has 0 aliphatic carbocycles. The van der Waals surface area contributed by atoms with Crippen molar-refractivity contribution in [1.82, 2.24) is 5.32 Å². The summed E-state index contributed by atoms with van der Waals surface area (Å²) in [6, 6.07) is 5.94. The first kappa shape index (κ1) is 16.5. The number of aliphatic hydroxyl groups is 1. The Morgan fingerprint density at radius 2 is 2.38 bits per heavy atom. The number of morpholine rings is 1. The van der Waals surface area contributed by atoms with Crippen LogP contribution in [-0.2, 0) is 16.0 Å². The number of hydrogen-bond donors (Lipinski definition) is 2. The van der Waals surface area contributed by atoms with Crippen LogP contribution in [0.4, 0.5) is 5.69 Å². The van der Waals surface area contributed by atoms with Crippen molar-refractivity contribution < 1.29 is 14.6 Å². The smallest absolute Gasteiger partial charge is 0.0980 e. The molecular formula is C15H23ClN2O3. The highest BCUT2D eigenvalue weighted by Gasteiger charge is 2.23. The van der Waals surface area contributed by atoms with Gasteiger partial charge in [0, 0.05) is 33.3 Å². The second-order valence-electron chi connectivity index (χ2n) is 5.04. The van der Waals surface area contributed by atoms with E-state index >= 15 is 0 Å². The summed E-state index contributed by atoms with van der Waals surface area (Å²) in [5.74, 6) is 0. The van der Waals surface area contributed by atoms with Crippen molar-refractivity contribution in [1.29, 1.82) is 0 Å². The van der Waals surface area contributed by atoms with E-state index in [1.54, 1.807) is 7.11 Å². The number of aliphatic hydroxyl groups excluding tert-OH is 1. The van der Waals surface area contributed by atoms with Gasteiger partial charge in [0.25, 0.3) is 0 Å². The zero-order chi connectivity index (χ0) is 15.1. The van der Waals surface area contributed by atoms with Gasteiger partial charge in [-0.05, 0) is 11.6 Å². The van der Waals surface area contributed by atoms with Crippen LogP contribution in [0.15, 0.2) is 18.2 Å². The lowest BCUT2D eigenvalue weighted by Crippen LogP contribution is -2.44. The molecule has 21 heavy (non-hydrogen) atoms. The Hall–Kier alpha value is -0.850. The summed E-state index contributed by atoms with van der Waals surface area (Å²) in [6.07, 6.45) is -0.149. The van der Waals surface area contributed by atoms with Gasteiger partial charge < -0.3 is 24.8 Å². The van der Waals surface area contributed by atoms with Gasteiger partial charge >= 0.3 is 0 Å². The Kier molecular flexibility index (Phi) is 6.73. The normalized spacial score (nSPS) is 19.0. The summed E-state index contributed by atoms with van der Waals surface area (Å²) < 4.78 is 10.5. The average molecular weight is 315 g/mol. The zero-order valence-corrected chi connectivity index (χ0v) is 13.1. The molecule has 0 amide bonds. The summed E-state index contributed by atoms with van der Waals surface area (Å²) in [5, 5.41) is 13.4. The Morgan fingerprint density at radius 3 is 3.14 bits per heavy atom.